The third kappa shape index (κ3) is 2.42. The second-order valence-electron chi connectivity index (χ2n) is 5.12. The van der Waals surface area contributed by atoms with Gasteiger partial charge in [-0.1, -0.05) is 13.0 Å². The fraction of sp³-hybridized carbons (Fsp3) is 0.400. The Bertz CT molecular complexity index is 636. The maximum Gasteiger partial charge on any atom is 0.325 e. The molecule has 0 spiro atoms. The number of carbonyl (C=O) groups is 2. The molecule has 1 aliphatic rings. The Balaban J connectivity index is 2.31. The molecule has 0 aliphatic carbocycles. The summed E-state index contributed by atoms with van der Waals surface area (Å²) in [4.78, 5) is 25.4. The van der Waals surface area contributed by atoms with Crippen LogP contribution in [0.4, 0.5) is 4.79 Å². The minimum Gasteiger partial charge on any atom is -0.495 e. The predicted molar refractivity (Wildman–Crippen MR) is 75.5 cm³/mol. The topological polar surface area (TPSA) is 82.4 Å². The van der Waals surface area contributed by atoms with Crippen LogP contribution in [-0.2, 0) is 11.3 Å². The quantitative estimate of drug-likeness (QED) is 0.856. The molecule has 0 radical (unpaired) electrons. The van der Waals surface area contributed by atoms with E-state index in [9.17, 15) is 9.59 Å². The van der Waals surface area contributed by atoms with Gasteiger partial charge in [0.25, 0.3) is 5.91 Å². The second-order valence-corrected chi connectivity index (χ2v) is 5.12. The van der Waals surface area contributed by atoms with Crippen molar-refractivity contribution < 1.29 is 14.3 Å². The summed E-state index contributed by atoms with van der Waals surface area (Å²) in [7, 11) is 1.50. The Hall–Kier alpha value is -2.55. The number of hydrogen-bond acceptors (Lipinski definition) is 4. The van der Waals surface area contributed by atoms with Gasteiger partial charge in [-0.05, 0) is 31.0 Å². The van der Waals surface area contributed by atoms with Crippen molar-refractivity contribution in [2.24, 2.45) is 0 Å². The first-order chi connectivity index (χ1) is 9.96. The molecule has 1 atom stereocenters. The Morgan fingerprint density at radius 3 is 2.71 bits per heavy atom. The van der Waals surface area contributed by atoms with Gasteiger partial charge in [-0.3, -0.25) is 10.1 Å². The lowest BCUT2D eigenvalue weighted by atomic mass is 9.96. The van der Waals surface area contributed by atoms with Crippen LogP contribution in [0.2, 0.25) is 0 Å². The minimum atomic E-state index is -0.857. The van der Waals surface area contributed by atoms with Gasteiger partial charge in [0.15, 0.2) is 0 Å². The van der Waals surface area contributed by atoms with Gasteiger partial charge in [0.2, 0.25) is 0 Å². The van der Waals surface area contributed by atoms with Crippen LogP contribution in [0.25, 0.3) is 0 Å². The Labute approximate surface area is 123 Å². The van der Waals surface area contributed by atoms with E-state index >= 15 is 0 Å². The molecule has 0 saturated carbocycles. The van der Waals surface area contributed by atoms with Gasteiger partial charge in [-0.25, -0.2) is 4.79 Å². The molecule has 1 fully saturated rings. The molecule has 2 rings (SSSR count). The van der Waals surface area contributed by atoms with Gasteiger partial charge < -0.3 is 9.64 Å². The number of methoxy groups -OCH3 is 1. The fourth-order valence-electron chi connectivity index (χ4n) is 2.37. The SMILES string of the molecule is CCC1(C)C(=O)NC(=O)N1Cc1ccc(OC)c(C#N)c1. The number of nitrogens with zero attached hydrogens (tertiary/aromatic N) is 2. The summed E-state index contributed by atoms with van der Waals surface area (Å²) in [6.45, 7) is 3.86. The molecule has 3 amide bonds. The summed E-state index contributed by atoms with van der Waals surface area (Å²) < 4.78 is 5.09. The van der Waals surface area contributed by atoms with Crippen molar-refractivity contribution in [3.63, 3.8) is 0 Å². The molecule has 1 N–H and O–H groups in total. The van der Waals surface area contributed by atoms with E-state index < -0.39 is 11.6 Å². The zero-order chi connectivity index (χ0) is 15.6. The van der Waals surface area contributed by atoms with E-state index in [0.717, 1.165) is 5.56 Å². The molecule has 21 heavy (non-hydrogen) atoms. The number of nitrogens with one attached hydrogen (secondary N) is 1. The van der Waals surface area contributed by atoms with E-state index in [4.69, 9.17) is 10.00 Å². The first kappa shape index (κ1) is 14.9. The smallest absolute Gasteiger partial charge is 0.325 e. The molecule has 1 aromatic rings. The van der Waals surface area contributed by atoms with Gasteiger partial charge in [0.1, 0.15) is 17.4 Å². The molecule has 1 unspecified atom stereocenters. The van der Waals surface area contributed by atoms with Gasteiger partial charge in [0, 0.05) is 6.54 Å². The van der Waals surface area contributed by atoms with Crippen LogP contribution in [0.1, 0.15) is 31.4 Å². The number of benzene rings is 1. The van der Waals surface area contributed by atoms with Gasteiger partial charge >= 0.3 is 6.03 Å². The van der Waals surface area contributed by atoms with E-state index in [2.05, 4.69) is 11.4 Å². The summed E-state index contributed by atoms with van der Waals surface area (Å²) in [6.07, 6.45) is 0.520. The Kier molecular flexibility index (Phi) is 3.85. The van der Waals surface area contributed by atoms with Crippen molar-refractivity contribution >= 4 is 11.9 Å². The van der Waals surface area contributed by atoms with Crippen LogP contribution in [0, 0.1) is 11.3 Å². The highest BCUT2D eigenvalue weighted by atomic mass is 16.5. The number of imide groups is 1. The molecule has 0 aromatic heterocycles. The highest BCUT2D eigenvalue weighted by Gasteiger charge is 2.47. The monoisotopic (exact) mass is 287 g/mol. The van der Waals surface area contributed by atoms with E-state index in [-0.39, 0.29) is 12.5 Å². The van der Waals surface area contributed by atoms with E-state index in [0.29, 0.717) is 17.7 Å². The average Bonchev–Trinajstić information content (AvgIpc) is 2.71. The minimum absolute atomic E-state index is 0.264. The first-order valence-electron chi connectivity index (χ1n) is 6.66. The fourth-order valence-corrected chi connectivity index (χ4v) is 2.37. The van der Waals surface area contributed by atoms with Crippen LogP contribution in [-0.4, -0.2) is 29.5 Å². The number of rotatable bonds is 4. The highest BCUT2D eigenvalue weighted by Crippen LogP contribution is 2.28. The molecule has 1 aliphatic heterocycles. The van der Waals surface area contributed by atoms with Gasteiger partial charge in [0.05, 0.1) is 12.7 Å². The summed E-state index contributed by atoms with van der Waals surface area (Å²) in [5, 5.41) is 11.4. The normalized spacial score (nSPS) is 21.1. The molecule has 6 heteroatoms. The molecule has 110 valence electrons. The molecule has 1 heterocycles. The lowest BCUT2D eigenvalue weighted by molar-refractivity contribution is -0.126. The summed E-state index contributed by atoms with van der Waals surface area (Å²) >= 11 is 0. The van der Waals surface area contributed by atoms with Crippen molar-refractivity contribution in [1.82, 2.24) is 10.2 Å². The average molecular weight is 287 g/mol. The van der Waals surface area contributed by atoms with Crippen LogP contribution in [0.5, 0.6) is 5.75 Å². The maximum atomic E-state index is 11.9. The maximum absolute atomic E-state index is 11.9. The number of urea groups is 1. The molecule has 1 aromatic carbocycles. The Morgan fingerprint density at radius 2 is 2.14 bits per heavy atom. The second kappa shape index (κ2) is 5.44. The molecule has 0 bridgehead atoms. The van der Waals surface area contributed by atoms with Crippen LogP contribution in [0.15, 0.2) is 18.2 Å². The predicted octanol–water partition coefficient (Wildman–Crippen LogP) is 1.79. The largest absolute Gasteiger partial charge is 0.495 e. The zero-order valence-corrected chi connectivity index (χ0v) is 12.3. The van der Waals surface area contributed by atoms with Crippen molar-refractivity contribution in [2.45, 2.75) is 32.4 Å². The highest BCUT2D eigenvalue weighted by molar-refractivity contribution is 6.06. The number of hydrogen-bond donors (Lipinski definition) is 1. The van der Waals surface area contributed by atoms with Crippen LogP contribution in [0.3, 0.4) is 0 Å². The summed E-state index contributed by atoms with van der Waals surface area (Å²) in [5.41, 5.74) is 0.320. The van der Waals surface area contributed by atoms with Crippen LogP contribution >= 0.6 is 0 Å². The molecule has 1 saturated heterocycles. The zero-order valence-electron chi connectivity index (χ0n) is 12.3. The van der Waals surface area contributed by atoms with Crippen molar-refractivity contribution in [1.29, 1.82) is 5.26 Å². The number of ether oxygens (including phenoxy) is 1. The Morgan fingerprint density at radius 1 is 1.43 bits per heavy atom. The summed E-state index contributed by atoms with van der Waals surface area (Å²) in [5.74, 6) is 0.200. The first-order valence-corrected chi connectivity index (χ1v) is 6.66. The third-order valence-electron chi connectivity index (χ3n) is 3.96. The standard InChI is InChI=1S/C15H17N3O3/c1-4-15(2)13(19)17-14(20)18(15)9-10-5-6-12(21-3)11(7-10)8-16/h5-7H,4,9H2,1-3H3,(H,17,19,20). The number of carbonyl (C=O) groups excluding carboxylic acids is 2. The number of amides is 3. The van der Waals surface area contributed by atoms with Crippen LogP contribution < -0.4 is 10.1 Å². The molecule has 6 nitrogen and oxygen atoms in total. The third-order valence-corrected chi connectivity index (χ3v) is 3.96. The molecular formula is C15H17N3O3. The van der Waals surface area contributed by atoms with Crippen molar-refractivity contribution in [3.05, 3.63) is 29.3 Å². The van der Waals surface area contributed by atoms with Gasteiger partial charge in [-0.15, -0.1) is 0 Å². The summed E-state index contributed by atoms with van der Waals surface area (Å²) in [6, 6.07) is 6.79. The lowest BCUT2D eigenvalue weighted by Gasteiger charge is -2.30. The lowest BCUT2D eigenvalue weighted by Crippen LogP contribution is -2.45. The van der Waals surface area contributed by atoms with Crippen molar-refractivity contribution in [3.8, 4) is 11.8 Å². The van der Waals surface area contributed by atoms with Crippen molar-refractivity contribution in [2.75, 3.05) is 7.11 Å². The van der Waals surface area contributed by atoms with E-state index in [1.165, 1.54) is 12.0 Å². The number of nitriles is 1. The van der Waals surface area contributed by atoms with E-state index in [1.807, 2.05) is 6.92 Å². The van der Waals surface area contributed by atoms with Gasteiger partial charge in [-0.2, -0.15) is 5.26 Å². The molecular weight excluding hydrogens is 270 g/mol. The van der Waals surface area contributed by atoms with E-state index in [1.54, 1.807) is 25.1 Å².